The Morgan fingerprint density at radius 2 is 1.89 bits per heavy atom. The van der Waals surface area contributed by atoms with E-state index in [2.05, 4.69) is 46.3 Å². The average Bonchev–Trinajstić information content (AvgIpc) is 2.38. The number of thioether (sulfide) groups is 1. The summed E-state index contributed by atoms with van der Waals surface area (Å²) in [7, 11) is 0. The van der Waals surface area contributed by atoms with Crippen LogP contribution in [0.5, 0.6) is 0 Å². The number of hydrogen-bond donors (Lipinski definition) is 1. The highest BCUT2D eigenvalue weighted by molar-refractivity contribution is 9.10. The molecule has 0 aliphatic rings. The van der Waals surface area contributed by atoms with Gasteiger partial charge < -0.3 is 5.11 Å². The first-order valence-corrected chi connectivity index (χ1v) is 7.58. The molecule has 2 aromatic carbocycles. The van der Waals surface area contributed by atoms with Crippen molar-refractivity contribution < 1.29 is 5.11 Å². The molecule has 0 fully saturated rings. The molecule has 0 radical (unpaired) electrons. The van der Waals surface area contributed by atoms with Crippen LogP contribution in [0, 0.1) is 0 Å². The second kappa shape index (κ2) is 6.41. The maximum atomic E-state index is 9.55. The lowest BCUT2D eigenvalue weighted by atomic mass is 10.1. The Hall–Kier alpha value is -0.770. The molecule has 0 heterocycles. The third kappa shape index (κ3) is 3.87. The van der Waals surface area contributed by atoms with Crippen LogP contribution >= 0.6 is 27.7 Å². The van der Waals surface area contributed by atoms with E-state index in [0.29, 0.717) is 0 Å². The van der Waals surface area contributed by atoms with Crippen LogP contribution in [0.2, 0.25) is 0 Å². The normalized spacial score (nSPS) is 12.4. The standard InChI is InChI=1S/C15H15BrOS/c1-11(17)13-3-2-4-15(9-13)18-10-12-5-7-14(16)8-6-12/h2-9,11,17H,10H2,1H3. The number of benzene rings is 2. The molecule has 0 bridgehead atoms. The molecule has 0 spiro atoms. The van der Waals surface area contributed by atoms with Gasteiger partial charge in [-0.25, -0.2) is 0 Å². The molecule has 2 aromatic rings. The van der Waals surface area contributed by atoms with Crippen LogP contribution in [-0.2, 0) is 5.75 Å². The molecule has 1 atom stereocenters. The quantitative estimate of drug-likeness (QED) is 0.816. The molecule has 3 heteroatoms. The van der Waals surface area contributed by atoms with Crippen LogP contribution in [0.1, 0.15) is 24.2 Å². The molecule has 1 unspecified atom stereocenters. The average molecular weight is 323 g/mol. The molecule has 0 aromatic heterocycles. The number of hydrogen-bond acceptors (Lipinski definition) is 2. The molecule has 0 amide bonds. The van der Waals surface area contributed by atoms with Crippen LogP contribution < -0.4 is 0 Å². The number of rotatable bonds is 4. The summed E-state index contributed by atoms with van der Waals surface area (Å²) in [4.78, 5) is 1.19. The summed E-state index contributed by atoms with van der Waals surface area (Å²) in [5, 5.41) is 9.55. The van der Waals surface area contributed by atoms with Gasteiger partial charge in [-0.15, -0.1) is 11.8 Å². The third-order valence-corrected chi connectivity index (χ3v) is 4.25. The Labute approximate surface area is 120 Å². The van der Waals surface area contributed by atoms with Crippen molar-refractivity contribution in [2.24, 2.45) is 0 Å². The summed E-state index contributed by atoms with van der Waals surface area (Å²) in [6.45, 7) is 1.79. The van der Waals surface area contributed by atoms with Gasteiger partial charge in [-0.3, -0.25) is 0 Å². The minimum atomic E-state index is -0.404. The summed E-state index contributed by atoms with van der Waals surface area (Å²) < 4.78 is 1.10. The van der Waals surface area contributed by atoms with Crippen LogP contribution in [0.15, 0.2) is 57.9 Å². The Bertz CT molecular complexity index is 508. The van der Waals surface area contributed by atoms with Crippen molar-refractivity contribution in [3.8, 4) is 0 Å². The van der Waals surface area contributed by atoms with E-state index in [1.807, 2.05) is 18.2 Å². The summed E-state index contributed by atoms with van der Waals surface area (Å²) in [6.07, 6.45) is -0.404. The lowest BCUT2D eigenvalue weighted by Crippen LogP contribution is -1.90. The second-order valence-corrected chi connectivity index (χ2v) is 6.13. The van der Waals surface area contributed by atoms with Crippen molar-refractivity contribution in [2.45, 2.75) is 23.7 Å². The molecular weight excluding hydrogens is 308 g/mol. The molecule has 0 aliphatic carbocycles. The van der Waals surface area contributed by atoms with Gasteiger partial charge in [-0.2, -0.15) is 0 Å². The zero-order valence-corrected chi connectivity index (χ0v) is 12.5. The maximum Gasteiger partial charge on any atom is 0.0762 e. The molecular formula is C15H15BrOS. The van der Waals surface area contributed by atoms with E-state index in [1.165, 1.54) is 10.5 Å². The number of aliphatic hydroxyl groups excluding tert-OH is 1. The van der Waals surface area contributed by atoms with Gasteiger partial charge in [-0.1, -0.05) is 40.2 Å². The number of halogens is 1. The van der Waals surface area contributed by atoms with Crippen molar-refractivity contribution >= 4 is 27.7 Å². The lowest BCUT2D eigenvalue weighted by molar-refractivity contribution is 0.199. The molecule has 0 aliphatic heterocycles. The minimum Gasteiger partial charge on any atom is -0.389 e. The minimum absolute atomic E-state index is 0.404. The second-order valence-electron chi connectivity index (χ2n) is 4.16. The summed E-state index contributed by atoms with van der Waals surface area (Å²) in [5.74, 6) is 0.941. The Morgan fingerprint density at radius 3 is 2.56 bits per heavy atom. The molecule has 2 rings (SSSR count). The predicted molar refractivity (Wildman–Crippen MR) is 80.8 cm³/mol. The lowest BCUT2D eigenvalue weighted by Gasteiger charge is -2.07. The summed E-state index contributed by atoms with van der Waals surface area (Å²) >= 11 is 5.22. The zero-order chi connectivity index (χ0) is 13.0. The maximum absolute atomic E-state index is 9.55. The van der Waals surface area contributed by atoms with E-state index >= 15 is 0 Å². The highest BCUT2D eigenvalue weighted by atomic mass is 79.9. The predicted octanol–water partition coefficient (Wildman–Crippen LogP) is 4.79. The summed E-state index contributed by atoms with van der Waals surface area (Å²) in [6, 6.07) is 16.4. The van der Waals surface area contributed by atoms with Crippen LogP contribution in [0.25, 0.3) is 0 Å². The van der Waals surface area contributed by atoms with Gasteiger partial charge in [0.2, 0.25) is 0 Å². The van der Waals surface area contributed by atoms with Gasteiger partial charge in [0.05, 0.1) is 6.10 Å². The van der Waals surface area contributed by atoms with E-state index in [4.69, 9.17) is 0 Å². The topological polar surface area (TPSA) is 20.2 Å². The first kappa shape index (κ1) is 13.7. The van der Waals surface area contributed by atoms with E-state index in [9.17, 15) is 5.11 Å². The molecule has 94 valence electrons. The van der Waals surface area contributed by atoms with Gasteiger partial charge in [-0.05, 0) is 42.3 Å². The highest BCUT2D eigenvalue weighted by Crippen LogP contribution is 2.26. The van der Waals surface area contributed by atoms with Crippen molar-refractivity contribution in [2.75, 3.05) is 0 Å². The van der Waals surface area contributed by atoms with Gasteiger partial charge in [0.1, 0.15) is 0 Å². The van der Waals surface area contributed by atoms with Crippen molar-refractivity contribution in [1.82, 2.24) is 0 Å². The largest absolute Gasteiger partial charge is 0.389 e. The van der Waals surface area contributed by atoms with Gasteiger partial charge in [0, 0.05) is 15.1 Å². The fourth-order valence-corrected chi connectivity index (χ4v) is 2.80. The fraction of sp³-hybridized carbons (Fsp3) is 0.200. The smallest absolute Gasteiger partial charge is 0.0762 e. The van der Waals surface area contributed by atoms with E-state index in [1.54, 1.807) is 18.7 Å². The van der Waals surface area contributed by atoms with Gasteiger partial charge in [0.15, 0.2) is 0 Å². The van der Waals surface area contributed by atoms with Crippen molar-refractivity contribution in [1.29, 1.82) is 0 Å². The van der Waals surface area contributed by atoms with E-state index in [0.717, 1.165) is 15.8 Å². The highest BCUT2D eigenvalue weighted by Gasteiger charge is 2.02. The van der Waals surface area contributed by atoms with Crippen molar-refractivity contribution in [3.63, 3.8) is 0 Å². The van der Waals surface area contributed by atoms with E-state index < -0.39 is 6.10 Å². The molecule has 18 heavy (non-hydrogen) atoms. The van der Waals surface area contributed by atoms with Crippen LogP contribution in [-0.4, -0.2) is 5.11 Å². The monoisotopic (exact) mass is 322 g/mol. The zero-order valence-electron chi connectivity index (χ0n) is 10.1. The van der Waals surface area contributed by atoms with E-state index in [-0.39, 0.29) is 0 Å². The SMILES string of the molecule is CC(O)c1cccc(SCc2ccc(Br)cc2)c1. The first-order chi connectivity index (χ1) is 8.65. The Kier molecular flexibility index (Phi) is 4.87. The molecule has 1 nitrogen and oxygen atoms in total. The van der Waals surface area contributed by atoms with Crippen molar-refractivity contribution in [3.05, 3.63) is 64.1 Å². The molecule has 1 N–H and O–H groups in total. The first-order valence-electron chi connectivity index (χ1n) is 5.80. The summed E-state index contributed by atoms with van der Waals surface area (Å²) in [5.41, 5.74) is 2.27. The number of aliphatic hydroxyl groups is 1. The Morgan fingerprint density at radius 1 is 1.17 bits per heavy atom. The molecule has 0 saturated heterocycles. The molecule has 0 saturated carbocycles. The fourth-order valence-electron chi connectivity index (χ4n) is 1.61. The van der Waals surface area contributed by atoms with Crippen LogP contribution in [0.4, 0.5) is 0 Å². The third-order valence-electron chi connectivity index (χ3n) is 2.66. The van der Waals surface area contributed by atoms with Crippen LogP contribution in [0.3, 0.4) is 0 Å². The van der Waals surface area contributed by atoms with Gasteiger partial charge in [0.25, 0.3) is 0 Å². The van der Waals surface area contributed by atoms with Gasteiger partial charge >= 0.3 is 0 Å². The Balaban J connectivity index is 2.01.